The van der Waals surface area contributed by atoms with Crippen LogP contribution in [0.2, 0.25) is 0 Å². The molecule has 0 fully saturated rings. The summed E-state index contributed by atoms with van der Waals surface area (Å²) >= 11 is 0. The molecule has 0 aromatic heterocycles. The molecular weight excluding hydrogens is 184 g/mol. The Morgan fingerprint density at radius 3 is 2.87 bits per heavy atom. The quantitative estimate of drug-likeness (QED) is 0.779. The van der Waals surface area contributed by atoms with E-state index in [9.17, 15) is 0 Å². The zero-order valence-corrected chi connectivity index (χ0v) is 9.61. The van der Waals surface area contributed by atoms with E-state index in [1.54, 1.807) is 0 Å². The topological polar surface area (TPSA) is 20.2 Å². The summed E-state index contributed by atoms with van der Waals surface area (Å²) in [5.41, 5.74) is 2.55. The summed E-state index contributed by atoms with van der Waals surface area (Å²) in [5, 5.41) is 8.86. The molecule has 0 aliphatic carbocycles. The summed E-state index contributed by atoms with van der Waals surface area (Å²) in [6.45, 7) is 4.46. The lowest BCUT2D eigenvalue weighted by Gasteiger charge is -2.03. The minimum Gasteiger partial charge on any atom is -0.396 e. The third-order valence-electron chi connectivity index (χ3n) is 2.49. The molecule has 1 nitrogen and oxygen atoms in total. The van der Waals surface area contributed by atoms with Gasteiger partial charge in [-0.2, -0.15) is 0 Å². The van der Waals surface area contributed by atoms with Crippen molar-refractivity contribution in [2.75, 3.05) is 6.61 Å². The van der Waals surface area contributed by atoms with Crippen molar-refractivity contribution in [3.8, 4) is 0 Å². The normalized spacial score (nSPS) is 13.3. The Morgan fingerprint density at radius 1 is 1.40 bits per heavy atom. The lowest BCUT2D eigenvalue weighted by molar-refractivity contribution is 0.231. The van der Waals surface area contributed by atoms with Crippen molar-refractivity contribution in [1.82, 2.24) is 0 Å². The Hall–Kier alpha value is -1.08. The van der Waals surface area contributed by atoms with Crippen molar-refractivity contribution in [2.45, 2.75) is 26.7 Å². The Kier molecular flexibility index (Phi) is 5.13. The third kappa shape index (κ3) is 4.80. The van der Waals surface area contributed by atoms with Crippen LogP contribution in [0.1, 0.15) is 30.9 Å². The second kappa shape index (κ2) is 6.41. The maximum Gasteiger partial charge on any atom is 0.0456 e. The molecule has 1 aromatic carbocycles. The van der Waals surface area contributed by atoms with E-state index >= 15 is 0 Å². The van der Waals surface area contributed by atoms with Gasteiger partial charge in [0, 0.05) is 6.61 Å². The van der Waals surface area contributed by atoms with Gasteiger partial charge in [0.15, 0.2) is 0 Å². The predicted molar refractivity (Wildman–Crippen MR) is 65.7 cm³/mol. The molecule has 0 spiro atoms. The van der Waals surface area contributed by atoms with Crippen molar-refractivity contribution >= 4 is 6.08 Å². The second-order valence-electron chi connectivity index (χ2n) is 4.18. The van der Waals surface area contributed by atoms with Gasteiger partial charge >= 0.3 is 0 Å². The number of aliphatic hydroxyl groups is 1. The number of hydrogen-bond donors (Lipinski definition) is 1. The van der Waals surface area contributed by atoms with Gasteiger partial charge in [-0.15, -0.1) is 0 Å². The monoisotopic (exact) mass is 204 g/mol. The average molecular weight is 204 g/mol. The standard InChI is InChI=1S/C14H20O/c1-12-7-5-9-14(10-12)8-4-3-6-13(2)11-15/h4-5,7-10,13,15H,3,6,11H2,1-2H3/b8-4+/t13-/m0/s1. The summed E-state index contributed by atoms with van der Waals surface area (Å²) in [4.78, 5) is 0. The first-order valence-electron chi connectivity index (χ1n) is 5.56. The Labute approximate surface area is 92.5 Å². The van der Waals surface area contributed by atoms with Gasteiger partial charge in [-0.3, -0.25) is 0 Å². The van der Waals surface area contributed by atoms with Crippen LogP contribution in [0.3, 0.4) is 0 Å². The molecule has 0 bridgehead atoms. The Balaban J connectivity index is 2.38. The molecule has 15 heavy (non-hydrogen) atoms. The minimum atomic E-state index is 0.290. The van der Waals surface area contributed by atoms with Crippen molar-refractivity contribution in [1.29, 1.82) is 0 Å². The van der Waals surface area contributed by atoms with E-state index in [0.717, 1.165) is 12.8 Å². The van der Waals surface area contributed by atoms with Gasteiger partial charge in [0.05, 0.1) is 0 Å². The molecule has 0 heterocycles. The van der Waals surface area contributed by atoms with Gasteiger partial charge in [0.2, 0.25) is 0 Å². The second-order valence-corrected chi connectivity index (χ2v) is 4.18. The largest absolute Gasteiger partial charge is 0.396 e. The highest BCUT2D eigenvalue weighted by molar-refractivity contribution is 5.49. The van der Waals surface area contributed by atoms with E-state index in [4.69, 9.17) is 5.11 Å². The van der Waals surface area contributed by atoms with Crippen molar-refractivity contribution in [2.24, 2.45) is 5.92 Å². The van der Waals surface area contributed by atoms with Crippen molar-refractivity contribution < 1.29 is 5.11 Å². The predicted octanol–water partition coefficient (Wildman–Crippen LogP) is 3.42. The number of aryl methyl sites for hydroxylation is 1. The zero-order valence-electron chi connectivity index (χ0n) is 9.61. The van der Waals surface area contributed by atoms with Crippen LogP contribution in [-0.2, 0) is 0 Å². The maximum absolute atomic E-state index is 8.86. The fourth-order valence-corrected chi connectivity index (χ4v) is 1.47. The summed E-state index contributed by atoms with van der Waals surface area (Å²) < 4.78 is 0. The fourth-order valence-electron chi connectivity index (χ4n) is 1.47. The van der Waals surface area contributed by atoms with E-state index in [1.807, 2.05) is 0 Å². The smallest absolute Gasteiger partial charge is 0.0456 e. The van der Waals surface area contributed by atoms with Crippen LogP contribution >= 0.6 is 0 Å². The van der Waals surface area contributed by atoms with E-state index in [0.29, 0.717) is 5.92 Å². The Morgan fingerprint density at radius 2 is 2.20 bits per heavy atom. The van der Waals surface area contributed by atoms with Crippen molar-refractivity contribution in [3.63, 3.8) is 0 Å². The van der Waals surface area contributed by atoms with Gasteiger partial charge in [0.25, 0.3) is 0 Å². The molecule has 1 atom stereocenters. The van der Waals surface area contributed by atoms with Crippen LogP contribution in [0.4, 0.5) is 0 Å². The summed E-state index contributed by atoms with van der Waals surface area (Å²) in [5.74, 6) is 0.409. The fraction of sp³-hybridized carbons (Fsp3) is 0.429. The third-order valence-corrected chi connectivity index (χ3v) is 2.49. The molecule has 0 unspecified atom stereocenters. The van der Waals surface area contributed by atoms with Gasteiger partial charge in [-0.1, -0.05) is 48.9 Å². The number of allylic oxidation sites excluding steroid dienone is 1. The molecule has 0 saturated heterocycles. The molecule has 1 rings (SSSR count). The number of aliphatic hydroxyl groups excluding tert-OH is 1. The van der Waals surface area contributed by atoms with Gasteiger partial charge in [-0.25, -0.2) is 0 Å². The zero-order chi connectivity index (χ0) is 11.1. The summed E-state index contributed by atoms with van der Waals surface area (Å²) in [7, 11) is 0. The van der Waals surface area contributed by atoms with Gasteiger partial charge < -0.3 is 5.11 Å². The molecular formula is C14H20O. The van der Waals surface area contributed by atoms with E-state index in [-0.39, 0.29) is 6.61 Å². The number of benzene rings is 1. The van der Waals surface area contributed by atoms with E-state index < -0.39 is 0 Å². The Bertz CT molecular complexity index is 315. The van der Waals surface area contributed by atoms with Crippen molar-refractivity contribution in [3.05, 3.63) is 41.5 Å². The molecule has 1 N–H and O–H groups in total. The van der Waals surface area contributed by atoms with Crippen LogP contribution in [0.25, 0.3) is 6.08 Å². The lowest BCUT2D eigenvalue weighted by atomic mass is 10.1. The highest BCUT2D eigenvalue weighted by Crippen LogP contribution is 2.09. The SMILES string of the molecule is Cc1cccc(/C=C/CC[C@H](C)CO)c1. The summed E-state index contributed by atoms with van der Waals surface area (Å²) in [6.07, 6.45) is 6.42. The molecule has 0 aliphatic rings. The highest BCUT2D eigenvalue weighted by atomic mass is 16.3. The molecule has 0 radical (unpaired) electrons. The van der Waals surface area contributed by atoms with Gasteiger partial charge in [-0.05, 0) is 31.2 Å². The highest BCUT2D eigenvalue weighted by Gasteiger charge is 1.96. The maximum atomic E-state index is 8.86. The average Bonchev–Trinajstić information content (AvgIpc) is 2.24. The van der Waals surface area contributed by atoms with E-state index in [1.165, 1.54) is 11.1 Å². The molecule has 0 saturated carbocycles. The first-order valence-corrected chi connectivity index (χ1v) is 5.56. The van der Waals surface area contributed by atoms with E-state index in [2.05, 4.69) is 50.3 Å². The van der Waals surface area contributed by atoms with Crippen LogP contribution in [-0.4, -0.2) is 11.7 Å². The first kappa shape index (κ1) is 12.0. The van der Waals surface area contributed by atoms with Crippen LogP contribution in [0, 0.1) is 12.8 Å². The first-order chi connectivity index (χ1) is 7.22. The molecule has 0 amide bonds. The minimum absolute atomic E-state index is 0.290. The molecule has 0 aliphatic heterocycles. The molecule has 1 heteroatoms. The van der Waals surface area contributed by atoms with Crippen LogP contribution in [0.15, 0.2) is 30.3 Å². The number of hydrogen-bond acceptors (Lipinski definition) is 1. The molecule has 82 valence electrons. The van der Waals surface area contributed by atoms with Crippen LogP contribution in [0.5, 0.6) is 0 Å². The summed E-state index contributed by atoms with van der Waals surface area (Å²) in [6, 6.07) is 8.46. The molecule has 1 aromatic rings. The van der Waals surface area contributed by atoms with Gasteiger partial charge in [0.1, 0.15) is 0 Å². The lowest BCUT2D eigenvalue weighted by Crippen LogP contribution is -1.98. The number of rotatable bonds is 5. The van der Waals surface area contributed by atoms with Crippen LogP contribution < -0.4 is 0 Å².